The molecule has 0 saturated heterocycles. The number of aromatic amines is 1. The lowest BCUT2D eigenvalue weighted by Gasteiger charge is -2.00. The van der Waals surface area contributed by atoms with E-state index in [1.807, 2.05) is 0 Å². The van der Waals surface area contributed by atoms with Crippen molar-refractivity contribution in [1.29, 1.82) is 0 Å². The van der Waals surface area contributed by atoms with E-state index in [4.69, 9.17) is 11.6 Å². The smallest absolute Gasteiger partial charge is 0.184 e. The molecule has 3 nitrogen and oxygen atoms in total. The van der Waals surface area contributed by atoms with Gasteiger partial charge in [0.2, 0.25) is 0 Å². The number of hydrogen-bond acceptors (Lipinski definition) is 2. The summed E-state index contributed by atoms with van der Waals surface area (Å²) in [6, 6.07) is 11.1. The number of hydrogen-bond donors (Lipinski definition) is 1. The summed E-state index contributed by atoms with van der Waals surface area (Å²) in [5.74, 6) is -0.635. The average Bonchev–Trinajstić information content (AvgIpc) is 2.93. The summed E-state index contributed by atoms with van der Waals surface area (Å²) in [6.45, 7) is 0. The lowest BCUT2D eigenvalue weighted by Crippen LogP contribution is -2.03. The van der Waals surface area contributed by atoms with Crippen molar-refractivity contribution < 1.29 is 12.8 Å². The highest BCUT2D eigenvalue weighted by atomic mass is 35.5. The molecule has 0 bridgehead atoms. The van der Waals surface area contributed by atoms with Gasteiger partial charge in [-0.15, -0.1) is 0 Å². The van der Waals surface area contributed by atoms with Crippen LogP contribution in [-0.2, 0) is 9.84 Å². The molecule has 0 aliphatic heterocycles. The van der Waals surface area contributed by atoms with Gasteiger partial charge in [0.05, 0.1) is 10.6 Å². The van der Waals surface area contributed by atoms with Crippen LogP contribution in [0.2, 0.25) is 5.02 Å². The Bertz CT molecular complexity index is 976. The summed E-state index contributed by atoms with van der Waals surface area (Å²) in [4.78, 5) is 2.96. The minimum Gasteiger partial charge on any atom is -0.360 e. The standard InChI is InChI=1S/C17H13ClFNO2S/c18-13-5-3-12(4-6-13)2-1-9-23(21,22)17-11-20-16-8-7-14(19)10-15(16)17/h1-8,10-11,20H,9H2. The fraction of sp³-hybridized carbons (Fsp3) is 0.0588. The fourth-order valence-electron chi connectivity index (χ4n) is 2.30. The number of fused-ring (bicyclic) bond motifs is 1. The van der Waals surface area contributed by atoms with Crippen LogP contribution in [0.15, 0.2) is 59.6 Å². The minimum absolute atomic E-state index is 0.104. The quantitative estimate of drug-likeness (QED) is 0.756. The number of nitrogens with one attached hydrogen (secondary N) is 1. The van der Waals surface area contributed by atoms with Crippen LogP contribution < -0.4 is 0 Å². The van der Waals surface area contributed by atoms with Crippen LogP contribution in [0.4, 0.5) is 4.39 Å². The first kappa shape index (κ1) is 15.8. The van der Waals surface area contributed by atoms with Gasteiger partial charge in [-0.25, -0.2) is 12.8 Å². The van der Waals surface area contributed by atoms with Crippen molar-refractivity contribution in [1.82, 2.24) is 4.98 Å². The van der Waals surface area contributed by atoms with E-state index in [-0.39, 0.29) is 10.6 Å². The normalized spacial score (nSPS) is 12.3. The number of aromatic nitrogens is 1. The third kappa shape index (κ3) is 3.46. The summed E-state index contributed by atoms with van der Waals surface area (Å²) >= 11 is 5.80. The molecule has 0 aliphatic rings. The largest absolute Gasteiger partial charge is 0.360 e. The SMILES string of the molecule is O=S(=O)(CC=Cc1ccc(Cl)cc1)c1c[nH]c2ccc(F)cc12. The number of benzene rings is 2. The lowest BCUT2D eigenvalue weighted by atomic mass is 10.2. The van der Waals surface area contributed by atoms with E-state index in [1.165, 1.54) is 24.4 Å². The lowest BCUT2D eigenvalue weighted by molar-refractivity contribution is 0.600. The Labute approximate surface area is 138 Å². The van der Waals surface area contributed by atoms with E-state index in [9.17, 15) is 12.8 Å². The van der Waals surface area contributed by atoms with Gasteiger partial charge in [-0.3, -0.25) is 0 Å². The maximum atomic E-state index is 13.4. The molecule has 0 radical (unpaired) electrons. The zero-order valence-electron chi connectivity index (χ0n) is 12.0. The molecule has 1 aromatic heterocycles. The van der Waals surface area contributed by atoms with Gasteiger partial charge in [0.25, 0.3) is 0 Å². The van der Waals surface area contributed by atoms with Crippen LogP contribution >= 0.6 is 11.6 Å². The third-order valence-electron chi connectivity index (χ3n) is 3.44. The van der Waals surface area contributed by atoms with Gasteiger partial charge < -0.3 is 4.98 Å². The fourth-order valence-corrected chi connectivity index (χ4v) is 3.70. The Morgan fingerprint density at radius 1 is 1.13 bits per heavy atom. The summed E-state index contributed by atoms with van der Waals surface area (Å²) in [7, 11) is -3.55. The minimum atomic E-state index is -3.55. The van der Waals surface area contributed by atoms with Gasteiger partial charge >= 0.3 is 0 Å². The van der Waals surface area contributed by atoms with Crippen molar-refractivity contribution in [3.63, 3.8) is 0 Å². The Hall–Kier alpha value is -2.11. The molecule has 3 aromatic rings. The van der Waals surface area contributed by atoms with E-state index in [2.05, 4.69) is 4.98 Å². The Balaban J connectivity index is 1.86. The zero-order valence-corrected chi connectivity index (χ0v) is 13.5. The molecule has 0 saturated carbocycles. The monoisotopic (exact) mass is 349 g/mol. The second kappa shape index (κ2) is 6.18. The third-order valence-corrected chi connectivity index (χ3v) is 5.33. The molecule has 6 heteroatoms. The van der Waals surface area contributed by atoms with Crippen LogP contribution in [-0.4, -0.2) is 19.2 Å². The molecule has 0 amide bonds. The molecule has 2 aromatic carbocycles. The van der Waals surface area contributed by atoms with Crippen molar-refractivity contribution >= 4 is 38.4 Å². The Kier molecular flexibility index (Phi) is 4.24. The molecular formula is C17H13ClFNO2S. The molecule has 23 heavy (non-hydrogen) atoms. The van der Waals surface area contributed by atoms with E-state index in [0.717, 1.165) is 5.56 Å². The van der Waals surface area contributed by atoms with Crippen molar-refractivity contribution in [3.05, 3.63) is 71.1 Å². The predicted octanol–water partition coefficient (Wildman–Crippen LogP) is 4.45. The van der Waals surface area contributed by atoms with Gasteiger partial charge in [-0.2, -0.15) is 0 Å². The molecule has 1 heterocycles. The van der Waals surface area contributed by atoms with Crippen LogP contribution in [0, 0.1) is 5.82 Å². The van der Waals surface area contributed by atoms with Crippen molar-refractivity contribution in [2.24, 2.45) is 0 Å². The topological polar surface area (TPSA) is 49.9 Å². The van der Waals surface area contributed by atoms with Gasteiger partial charge in [0, 0.05) is 22.1 Å². The Morgan fingerprint density at radius 3 is 2.61 bits per heavy atom. The van der Waals surface area contributed by atoms with Gasteiger partial charge in [0.1, 0.15) is 5.82 Å². The second-order valence-corrected chi connectivity index (χ2v) is 7.52. The highest BCUT2D eigenvalue weighted by Crippen LogP contribution is 2.24. The van der Waals surface area contributed by atoms with E-state index >= 15 is 0 Å². The maximum absolute atomic E-state index is 13.4. The average molecular weight is 350 g/mol. The molecule has 0 unspecified atom stereocenters. The molecule has 118 valence electrons. The van der Waals surface area contributed by atoms with Gasteiger partial charge in [-0.05, 0) is 35.9 Å². The van der Waals surface area contributed by atoms with Crippen LogP contribution in [0.25, 0.3) is 17.0 Å². The number of sulfone groups is 1. The number of halogens is 2. The van der Waals surface area contributed by atoms with Crippen molar-refractivity contribution in [3.8, 4) is 0 Å². The maximum Gasteiger partial charge on any atom is 0.184 e. The summed E-state index contributed by atoms with van der Waals surface area (Å²) < 4.78 is 38.3. The molecule has 0 atom stereocenters. The summed E-state index contributed by atoms with van der Waals surface area (Å²) in [5, 5.41) is 0.987. The predicted molar refractivity (Wildman–Crippen MR) is 90.8 cm³/mol. The molecule has 1 N–H and O–H groups in total. The molecule has 0 aliphatic carbocycles. The van der Waals surface area contributed by atoms with Gasteiger partial charge in [-0.1, -0.05) is 35.9 Å². The number of rotatable bonds is 4. The van der Waals surface area contributed by atoms with E-state index in [1.54, 1.807) is 36.4 Å². The van der Waals surface area contributed by atoms with Crippen LogP contribution in [0.1, 0.15) is 5.56 Å². The highest BCUT2D eigenvalue weighted by Gasteiger charge is 2.18. The highest BCUT2D eigenvalue weighted by molar-refractivity contribution is 7.91. The second-order valence-electron chi connectivity index (χ2n) is 5.08. The van der Waals surface area contributed by atoms with E-state index < -0.39 is 15.7 Å². The molecule has 0 fully saturated rings. The number of H-pyrrole nitrogens is 1. The van der Waals surface area contributed by atoms with Crippen molar-refractivity contribution in [2.45, 2.75) is 4.90 Å². The molecule has 3 rings (SSSR count). The zero-order chi connectivity index (χ0) is 16.4. The summed E-state index contributed by atoms with van der Waals surface area (Å²) in [6.07, 6.45) is 4.68. The van der Waals surface area contributed by atoms with Crippen LogP contribution in [0.5, 0.6) is 0 Å². The Morgan fingerprint density at radius 2 is 1.87 bits per heavy atom. The first-order valence-corrected chi connectivity index (χ1v) is 8.90. The summed E-state index contributed by atoms with van der Waals surface area (Å²) in [5.41, 5.74) is 1.45. The first-order valence-electron chi connectivity index (χ1n) is 6.87. The van der Waals surface area contributed by atoms with E-state index in [0.29, 0.717) is 15.9 Å². The molecular weight excluding hydrogens is 337 g/mol. The van der Waals surface area contributed by atoms with Crippen molar-refractivity contribution in [2.75, 3.05) is 5.75 Å². The first-order chi connectivity index (χ1) is 11.0. The van der Waals surface area contributed by atoms with Crippen LogP contribution in [0.3, 0.4) is 0 Å². The molecule has 0 spiro atoms. The van der Waals surface area contributed by atoms with Gasteiger partial charge in [0.15, 0.2) is 9.84 Å².